The van der Waals surface area contributed by atoms with Crippen LogP contribution in [0.5, 0.6) is 0 Å². The van der Waals surface area contributed by atoms with Gasteiger partial charge in [-0.2, -0.15) is 0 Å². The van der Waals surface area contributed by atoms with Gasteiger partial charge in [-0.1, -0.05) is 0 Å². The zero-order chi connectivity index (χ0) is 8.27. The largest absolute Gasteiger partial charge is 0.433 e. The van der Waals surface area contributed by atoms with Gasteiger partial charge in [0.15, 0.2) is 5.76 Å². The first kappa shape index (κ1) is 7.28. The fourth-order valence-electron chi connectivity index (χ4n) is 0.628. The minimum atomic E-state index is -0.632. The summed E-state index contributed by atoms with van der Waals surface area (Å²) in [6.07, 6.45) is 0. The van der Waals surface area contributed by atoms with Crippen LogP contribution in [0.25, 0.3) is 4.85 Å². The van der Waals surface area contributed by atoms with E-state index in [9.17, 15) is 10.1 Å². The van der Waals surface area contributed by atoms with Crippen molar-refractivity contribution in [3.8, 4) is 0 Å². The highest BCUT2D eigenvalue weighted by atomic mass is 16.6. The van der Waals surface area contributed by atoms with E-state index in [2.05, 4.69) is 9.26 Å². The van der Waals surface area contributed by atoms with Crippen LogP contribution in [-0.2, 0) is 6.54 Å². The predicted molar refractivity (Wildman–Crippen MR) is 35.7 cm³/mol. The van der Waals surface area contributed by atoms with E-state index in [-0.39, 0.29) is 12.4 Å². The van der Waals surface area contributed by atoms with Gasteiger partial charge in [0.2, 0.25) is 0 Å². The van der Waals surface area contributed by atoms with Crippen LogP contribution in [0.3, 0.4) is 0 Å². The van der Waals surface area contributed by atoms with E-state index >= 15 is 0 Å². The third-order valence-electron chi connectivity index (χ3n) is 1.06. The number of hydrogen-bond donors (Lipinski definition) is 0. The molecule has 0 aliphatic rings. The molecule has 1 heterocycles. The first-order valence-electron chi connectivity index (χ1n) is 2.80. The summed E-state index contributed by atoms with van der Waals surface area (Å²) in [5.41, 5.74) is 0. The van der Waals surface area contributed by atoms with Crippen molar-refractivity contribution >= 4 is 5.88 Å². The van der Waals surface area contributed by atoms with Gasteiger partial charge in [-0.15, -0.1) is 0 Å². The smallest absolute Gasteiger partial charge is 0.398 e. The van der Waals surface area contributed by atoms with Gasteiger partial charge >= 0.3 is 5.88 Å². The molecule has 0 saturated heterocycles. The third kappa shape index (κ3) is 1.55. The molecule has 0 bridgehead atoms. The van der Waals surface area contributed by atoms with Crippen molar-refractivity contribution < 1.29 is 9.34 Å². The molecule has 0 unspecified atom stereocenters. The highest BCUT2D eigenvalue weighted by Crippen LogP contribution is 2.15. The fourth-order valence-corrected chi connectivity index (χ4v) is 0.628. The molecule has 0 amide bonds. The highest BCUT2D eigenvalue weighted by molar-refractivity contribution is 5.18. The molecule has 5 nitrogen and oxygen atoms in total. The Hall–Kier alpha value is -1.83. The Kier molecular flexibility index (Phi) is 1.88. The predicted octanol–water partition coefficient (Wildman–Crippen LogP) is 1.61. The zero-order valence-corrected chi connectivity index (χ0v) is 5.48. The van der Waals surface area contributed by atoms with Crippen molar-refractivity contribution in [2.45, 2.75) is 6.54 Å². The van der Waals surface area contributed by atoms with Gasteiger partial charge < -0.3 is 9.26 Å². The maximum Gasteiger partial charge on any atom is 0.433 e. The summed E-state index contributed by atoms with van der Waals surface area (Å²) in [5.74, 6) is 0.00958. The first-order chi connectivity index (χ1) is 5.24. The van der Waals surface area contributed by atoms with Crippen LogP contribution in [0.1, 0.15) is 5.76 Å². The average Bonchev–Trinajstić information content (AvgIpc) is 2.37. The zero-order valence-electron chi connectivity index (χ0n) is 5.48. The molecule has 11 heavy (non-hydrogen) atoms. The second-order valence-corrected chi connectivity index (χ2v) is 1.81. The Labute approximate surface area is 62.2 Å². The topological polar surface area (TPSA) is 60.6 Å². The van der Waals surface area contributed by atoms with E-state index in [1.807, 2.05) is 0 Å². The molecule has 0 spiro atoms. The SMILES string of the molecule is [C-]#[N+]Cc1ccc([N+](=O)[O-])o1. The summed E-state index contributed by atoms with van der Waals surface area (Å²) in [5, 5.41) is 10.1. The monoisotopic (exact) mass is 152 g/mol. The van der Waals surface area contributed by atoms with Crippen molar-refractivity contribution in [1.82, 2.24) is 0 Å². The average molecular weight is 152 g/mol. The normalized spacial score (nSPS) is 9.00. The molecule has 0 aliphatic heterocycles. The maximum absolute atomic E-state index is 10.1. The molecule has 0 saturated carbocycles. The lowest BCUT2D eigenvalue weighted by molar-refractivity contribution is -0.402. The summed E-state index contributed by atoms with van der Waals surface area (Å²) in [7, 11) is 0. The lowest BCUT2D eigenvalue weighted by Crippen LogP contribution is -1.82. The van der Waals surface area contributed by atoms with Crippen molar-refractivity contribution in [2.24, 2.45) is 0 Å². The molecule has 1 aromatic heterocycles. The lowest BCUT2D eigenvalue weighted by Gasteiger charge is -1.80. The van der Waals surface area contributed by atoms with Gasteiger partial charge in [-0.3, -0.25) is 10.1 Å². The standard InChI is InChI=1S/C6H4N2O3/c1-7-4-5-2-3-6(11-5)8(9)10/h2-3H,4H2. The molecule has 0 atom stereocenters. The van der Waals surface area contributed by atoms with Gasteiger partial charge in [0.05, 0.1) is 6.07 Å². The summed E-state index contributed by atoms with van der Waals surface area (Å²) in [6, 6.07) is 2.66. The van der Waals surface area contributed by atoms with Crippen LogP contribution >= 0.6 is 0 Å². The Balaban J connectivity index is 2.83. The summed E-state index contributed by atoms with van der Waals surface area (Å²) in [6.45, 7) is 6.50. The van der Waals surface area contributed by atoms with E-state index in [1.54, 1.807) is 0 Å². The van der Waals surface area contributed by atoms with Crippen molar-refractivity contribution in [3.63, 3.8) is 0 Å². The van der Waals surface area contributed by atoms with E-state index < -0.39 is 4.92 Å². The summed E-state index contributed by atoms with van der Waals surface area (Å²) < 4.78 is 4.67. The van der Waals surface area contributed by atoms with Gasteiger partial charge in [0.1, 0.15) is 4.92 Å². The molecule has 0 aliphatic carbocycles. The minimum Gasteiger partial charge on any atom is -0.398 e. The molecule has 1 rings (SSSR count). The van der Waals surface area contributed by atoms with Crippen LogP contribution in [-0.4, -0.2) is 4.92 Å². The number of furan rings is 1. The molecular weight excluding hydrogens is 148 g/mol. The maximum atomic E-state index is 10.1. The molecule has 1 aromatic rings. The van der Waals surface area contributed by atoms with Gasteiger partial charge in [0, 0.05) is 0 Å². The van der Waals surface area contributed by atoms with Crippen molar-refractivity contribution in [2.75, 3.05) is 0 Å². The third-order valence-corrected chi connectivity index (χ3v) is 1.06. The summed E-state index contributed by atoms with van der Waals surface area (Å²) in [4.78, 5) is 12.4. The number of rotatable bonds is 2. The van der Waals surface area contributed by atoms with Gasteiger partial charge in [-0.05, 0) is 6.07 Å². The Bertz CT molecular complexity index is 310. The van der Waals surface area contributed by atoms with E-state index in [4.69, 9.17) is 6.57 Å². The molecule has 5 heteroatoms. The van der Waals surface area contributed by atoms with E-state index in [1.165, 1.54) is 12.1 Å². The fraction of sp³-hybridized carbons (Fsp3) is 0.167. The number of hydrogen-bond acceptors (Lipinski definition) is 3. The van der Waals surface area contributed by atoms with Crippen molar-refractivity contribution in [1.29, 1.82) is 0 Å². The number of nitrogens with zero attached hydrogens (tertiary/aromatic N) is 2. The van der Waals surface area contributed by atoms with Crippen LogP contribution in [0.4, 0.5) is 5.88 Å². The molecule has 0 N–H and O–H groups in total. The minimum absolute atomic E-state index is 0.0494. The molecule has 0 radical (unpaired) electrons. The Morgan fingerprint density at radius 1 is 1.73 bits per heavy atom. The Morgan fingerprint density at radius 2 is 2.45 bits per heavy atom. The second-order valence-electron chi connectivity index (χ2n) is 1.81. The van der Waals surface area contributed by atoms with Crippen LogP contribution in [0.2, 0.25) is 0 Å². The van der Waals surface area contributed by atoms with Gasteiger partial charge in [0.25, 0.3) is 6.54 Å². The lowest BCUT2D eigenvalue weighted by atomic mass is 10.4. The summed E-state index contributed by atoms with van der Waals surface area (Å²) >= 11 is 0. The van der Waals surface area contributed by atoms with Crippen LogP contribution in [0, 0.1) is 16.7 Å². The van der Waals surface area contributed by atoms with E-state index in [0.29, 0.717) is 5.76 Å². The molecule has 0 aromatic carbocycles. The Morgan fingerprint density at radius 3 is 2.91 bits per heavy atom. The highest BCUT2D eigenvalue weighted by Gasteiger charge is 2.12. The van der Waals surface area contributed by atoms with Crippen LogP contribution < -0.4 is 0 Å². The molecular formula is C6H4N2O3. The van der Waals surface area contributed by atoms with Gasteiger partial charge in [-0.25, -0.2) is 6.57 Å². The molecule has 0 fully saturated rings. The van der Waals surface area contributed by atoms with E-state index in [0.717, 1.165) is 0 Å². The number of nitro groups is 1. The quantitative estimate of drug-likeness (QED) is 0.367. The molecule has 56 valence electrons. The first-order valence-corrected chi connectivity index (χ1v) is 2.80. The van der Waals surface area contributed by atoms with Crippen molar-refractivity contribution in [3.05, 3.63) is 39.4 Å². The second kappa shape index (κ2) is 2.84. The van der Waals surface area contributed by atoms with Crippen LogP contribution in [0.15, 0.2) is 16.5 Å².